The minimum atomic E-state index is -0.0145. The van der Waals surface area contributed by atoms with Gasteiger partial charge >= 0.3 is 6.03 Å². The van der Waals surface area contributed by atoms with Crippen molar-refractivity contribution < 1.29 is 9.59 Å². The highest BCUT2D eigenvalue weighted by Gasteiger charge is 2.41. The molecule has 3 atom stereocenters. The lowest BCUT2D eigenvalue weighted by Crippen LogP contribution is -2.59. The lowest BCUT2D eigenvalue weighted by Gasteiger charge is -2.47. The fourth-order valence-corrected chi connectivity index (χ4v) is 5.21. The Labute approximate surface area is 193 Å². The van der Waals surface area contributed by atoms with Crippen molar-refractivity contribution in [3.63, 3.8) is 0 Å². The number of hydrogen-bond acceptors (Lipinski definition) is 4. The maximum atomic E-state index is 13.2. The Bertz CT molecular complexity index is 783. The van der Waals surface area contributed by atoms with Crippen molar-refractivity contribution in [3.05, 3.63) is 48.2 Å². The zero-order chi connectivity index (χ0) is 23.1. The second-order valence-corrected chi connectivity index (χ2v) is 9.66. The second-order valence-electron chi connectivity index (χ2n) is 9.66. The van der Waals surface area contributed by atoms with Gasteiger partial charge in [-0.3, -0.25) is 9.69 Å². The minimum absolute atomic E-state index is 0.0145. The van der Waals surface area contributed by atoms with Crippen LogP contribution in [0.5, 0.6) is 0 Å². The average Bonchev–Trinajstić information content (AvgIpc) is 2.73. The first kappa shape index (κ1) is 24.3. The van der Waals surface area contributed by atoms with E-state index in [0.29, 0.717) is 24.9 Å². The van der Waals surface area contributed by atoms with E-state index in [-0.39, 0.29) is 17.9 Å². The van der Waals surface area contributed by atoms with Gasteiger partial charge in [0.25, 0.3) is 0 Å². The van der Waals surface area contributed by atoms with Crippen LogP contribution in [-0.2, 0) is 4.79 Å². The molecule has 6 nitrogen and oxygen atoms in total. The van der Waals surface area contributed by atoms with E-state index in [0.717, 1.165) is 62.9 Å². The van der Waals surface area contributed by atoms with Crippen molar-refractivity contribution in [2.45, 2.75) is 57.5 Å². The van der Waals surface area contributed by atoms with Crippen LogP contribution in [0.3, 0.4) is 0 Å². The molecule has 6 heteroatoms. The molecule has 2 fully saturated rings. The summed E-state index contributed by atoms with van der Waals surface area (Å²) in [5, 5.41) is 3.30. The topological polar surface area (TPSA) is 55.9 Å². The van der Waals surface area contributed by atoms with Gasteiger partial charge in [-0.25, -0.2) is 4.79 Å². The summed E-state index contributed by atoms with van der Waals surface area (Å²) in [7, 11) is 3.94. The fraction of sp³-hybridized carbons (Fsp3) is 0.615. The number of piperidine rings is 1. The Morgan fingerprint density at radius 1 is 1.31 bits per heavy atom. The van der Waals surface area contributed by atoms with E-state index in [2.05, 4.69) is 29.8 Å². The number of likely N-dealkylation sites (tertiary alicyclic amines) is 1. The van der Waals surface area contributed by atoms with E-state index >= 15 is 0 Å². The lowest BCUT2D eigenvalue weighted by atomic mass is 9.74. The molecule has 1 saturated carbocycles. The number of nitrogens with zero attached hydrogens (tertiary/aromatic N) is 3. The first-order valence-corrected chi connectivity index (χ1v) is 12.1. The molecular weight excluding hydrogens is 400 g/mol. The molecule has 0 unspecified atom stereocenters. The van der Waals surface area contributed by atoms with E-state index in [9.17, 15) is 9.59 Å². The zero-order valence-electron chi connectivity index (χ0n) is 20.1. The van der Waals surface area contributed by atoms with Gasteiger partial charge in [0.05, 0.1) is 0 Å². The van der Waals surface area contributed by atoms with Crippen LogP contribution >= 0.6 is 0 Å². The van der Waals surface area contributed by atoms with E-state index in [4.69, 9.17) is 0 Å². The number of Topliss-reactive ketones (excluding diaryl/α,β-unsaturated/α-hetero) is 1. The van der Waals surface area contributed by atoms with Crippen LogP contribution in [0.25, 0.3) is 0 Å². The highest BCUT2D eigenvalue weighted by atomic mass is 16.2. The molecule has 1 aliphatic carbocycles. The van der Waals surface area contributed by atoms with Crippen molar-refractivity contribution in [1.82, 2.24) is 20.0 Å². The number of ketones is 1. The van der Waals surface area contributed by atoms with Crippen LogP contribution in [0.2, 0.25) is 0 Å². The van der Waals surface area contributed by atoms with E-state index in [1.165, 1.54) is 0 Å². The van der Waals surface area contributed by atoms with Gasteiger partial charge in [-0.1, -0.05) is 37.8 Å². The van der Waals surface area contributed by atoms with Crippen molar-refractivity contribution >= 4 is 11.8 Å². The Balaban J connectivity index is 1.67. The highest BCUT2D eigenvalue weighted by molar-refractivity contribution is 5.96. The van der Waals surface area contributed by atoms with Crippen molar-refractivity contribution in [2.75, 3.05) is 40.3 Å². The molecule has 0 bridgehead atoms. The van der Waals surface area contributed by atoms with Gasteiger partial charge in [-0.15, -0.1) is 0 Å². The fourth-order valence-electron chi connectivity index (χ4n) is 5.21. The number of amides is 2. The quantitative estimate of drug-likeness (QED) is 0.677. The molecule has 176 valence electrons. The van der Waals surface area contributed by atoms with Crippen LogP contribution in [0.15, 0.2) is 48.2 Å². The summed E-state index contributed by atoms with van der Waals surface area (Å²) in [6.07, 6.45) is 15.4. The molecule has 2 heterocycles. The number of rotatable bonds is 4. The van der Waals surface area contributed by atoms with E-state index in [1.54, 1.807) is 0 Å². The van der Waals surface area contributed by atoms with Gasteiger partial charge in [0.1, 0.15) is 0 Å². The first-order valence-electron chi connectivity index (χ1n) is 12.1. The minimum Gasteiger partial charge on any atom is -0.383 e. The summed E-state index contributed by atoms with van der Waals surface area (Å²) in [4.78, 5) is 32.3. The van der Waals surface area contributed by atoms with Crippen LogP contribution in [0.1, 0.15) is 45.4 Å². The standard InChI is InChI=1S/C26H40N4O2/c1-5-12-29-19-23(14-21-16-25(31)22(15-24(21)29)18-28(3)4)27-26(32)30-13-10-8-6-7-9-11-20(2)17-30/h6-7,9,11,18,21,23-24H,2,5,8,10,12-17,19H2,1,3-4H3,(H,27,32)/b7-6-,11-9-,22-18?/t21-,23+,24-/m1/s1. The van der Waals surface area contributed by atoms with E-state index < -0.39 is 0 Å². The Morgan fingerprint density at radius 3 is 2.88 bits per heavy atom. The van der Waals surface area contributed by atoms with Crippen LogP contribution in [-0.4, -0.2) is 78.9 Å². The van der Waals surface area contributed by atoms with Gasteiger partial charge in [0, 0.05) is 64.0 Å². The SMILES string of the molecule is C=C1/C=C\C=C/CCCN(C(=O)N[C@H]2C[C@@H]3CC(=O)C(=CN(C)C)C[C@H]3N(CCC)C2)C1. The van der Waals surface area contributed by atoms with Crippen molar-refractivity contribution in [1.29, 1.82) is 0 Å². The van der Waals surface area contributed by atoms with Gasteiger partial charge < -0.3 is 15.1 Å². The molecule has 32 heavy (non-hydrogen) atoms. The van der Waals surface area contributed by atoms with Gasteiger partial charge in [-0.2, -0.15) is 0 Å². The summed E-state index contributed by atoms with van der Waals surface area (Å²) in [6, 6.07) is 0.443. The number of carbonyl (C=O) groups excluding carboxylic acids is 2. The third-order valence-electron chi connectivity index (χ3n) is 6.60. The molecule has 0 radical (unpaired) electrons. The molecule has 2 aliphatic heterocycles. The maximum Gasteiger partial charge on any atom is 0.317 e. The molecule has 0 spiro atoms. The first-order chi connectivity index (χ1) is 15.4. The molecule has 0 aromatic rings. The summed E-state index contributed by atoms with van der Waals surface area (Å²) in [5.74, 6) is 0.560. The summed E-state index contributed by atoms with van der Waals surface area (Å²) < 4.78 is 0. The Morgan fingerprint density at radius 2 is 2.12 bits per heavy atom. The predicted molar refractivity (Wildman–Crippen MR) is 130 cm³/mol. The van der Waals surface area contributed by atoms with Crippen molar-refractivity contribution in [3.8, 4) is 0 Å². The highest BCUT2D eigenvalue weighted by Crippen LogP contribution is 2.36. The largest absolute Gasteiger partial charge is 0.383 e. The smallest absolute Gasteiger partial charge is 0.317 e. The summed E-state index contributed by atoms with van der Waals surface area (Å²) in [5.41, 5.74) is 1.87. The number of fused-ring (bicyclic) bond motifs is 1. The normalized spacial score (nSPS) is 30.5. The molecule has 1 saturated heterocycles. The summed E-state index contributed by atoms with van der Waals surface area (Å²) >= 11 is 0. The predicted octanol–water partition coefficient (Wildman–Crippen LogP) is 3.74. The Kier molecular flexibility index (Phi) is 8.74. The molecule has 3 aliphatic rings. The Hall–Kier alpha value is -2.34. The van der Waals surface area contributed by atoms with Crippen molar-refractivity contribution in [2.24, 2.45) is 5.92 Å². The molecule has 0 aromatic carbocycles. The van der Waals surface area contributed by atoms with E-state index in [1.807, 2.05) is 48.3 Å². The number of urea groups is 1. The third-order valence-corrected chi connectivity index (χ3v) is 6.60. The molecule has 2 amide bonds. The third kappa shape index (κ3) is 6.58. The molecule has 3 rings (SSSR count). The molecule has 0 aromatic heterocycles. The van der Waals surface area contributed by atoms with Gasteiger partial charge in [0.2, 0.25) is 0 Å². The molecule has 1 N–H and O–H groups in total. The lowest BCUT2D eigenvalue weighted by molar-refractivity contribution is -0.119. The summed E-state index contributed by atoms with van der Waals surface area (Å²) in [6.45, 7) is 9.40. The van der Waals surface area contributed by atoms with Crippen LogP contribution in [0.4, 0.5) is 4.79 Å². The monoisotopic (exact) mass is 440 g/mol. The maximum absolute atomic E-state index is 13.2. The average molecular weight is 441 g/mol. The number of hydrogen-bond donors (Lipinski definition) is 1. The second kappa shape index (κ2) is 11.5. The zero-order valence-corrected chi connectivity index (χ0v) is 20.1. The number of nitrogens with one attached hydrogen (secondary N) is 1. The number of allylic oxidation sites excluding steroid dienone is 3. The van der Waals surface area contributed by atoms with Gasteiger partial charge in [-0.05, 0) is 50.1 Å². The number of carbonyl (C=O) groups is 2. The molecular formula is C26H40N4O2. The van der Waals surface area contributed by atoms with Gasteiger partial charge in [0.15, 0.2) is 5.78 Å². The van der Waals surface area contributed by atoms with Crippen LogP contribution < -0.4 is 5.32 Å². The van der Waals surface area contributed by atoms with Crippen LogP contribution in [0, 0.1) is 5.92 Å².